The van der Waals surface area contributed by atoms with Crippen LogP contribution in [0.3, 0.4) is 0 Å². The zero-order valence-corrected chi connectivity index (χ0v) is 11.0. The predicted octanol–water partition coefficient (Wildman–Crippen LogP) is 3.41. The van der Waals surface area contributed by atoms with E-state index in [1.54, 1.807) is 0 Å². The molecule has 2 heteroatoms. The van der Waals surface area contributed by atoms with E-state index in [0.717, 1.165) is 25.2 Å². The molecular weight excluding hydrogens is 224 g/mol. The van der Waals surface area contributed by atoms with E-state index in [2.05, 4.69) is 36.8 Å². The second-order valence-corrected chi connectivity index (χ2v) is 5.14. The fraction of sp³-hybridized carbons (Fsp3) is 0.500. The SMILES string of the molecule is COC(=O)CC1[CH]CC(Cc2ccccc2)CC1. The minimum atomic E-state index is -0.0854. The number of hydrogen-bond acceptors (Lipinski definition) is 2. The zero-order valence-electron chi connectivity index (χ0n) is 11.0. The Morgan fingerprint density at radius 2 is 2.06 bits per heavy atom. The molecule has 0 spiro atoms. The smallest absolute Gasteiger partial charge is 0.305 e. The van der Waals surface area contributed by atoms with Crippen molar-refractivity contribution in [3.8, 4) is 0 Å². The van der Waals surface area contributed by atoms with Crippen molar-refractivity contribution < 1.29 is 9.53 Å². The lowest BCUT2D eigenvalue weighted by atomic mass is 9.78. The van der Waals surface area contributed by atoms with E-state index in [4.69, 9.17) is 4.74 Å². The van der Waals surface area contributed by atoms with Crippen molar-refractivity contribution in [2.75, 3.05) is 7.11 Å². The summed E-state index contributed by atoms with van der Waals surface area (Å²) in [6.45, 7) is 0. The Balaban J connectivity index is 1.75. The van der Waals surface area contributed by atoms with Gasteiger partial charge in [-0.1, -0.05) is 30.3 Å². The number of benzene rings is 1. The van der Waals surface area contributed by atoms with Gasteiger partial charge in [-0.05, 0) is 49.5 Å². The van der Waals surface area contributed by atoms with E-state index in [1.165, 1.54) is 19.1 Å². The second kappa shape index (κ2) is 6.58. The standard InChI is InChI=1S/C16H21O2/c1-18-16(17)12-15-9-7-14(8-10-15)11-13-5-3-2-4-6-13/h2-6,9,14-15H,7-8,10-12H2,1H3. The molecule has 2 atom stereocenters. The third-order valence-electron chi connectivity index (χ3n) is 3.77. The molecule has 1 aromatic rings. The maximum Gasteiger partial charge on any atom is 0.305 e. The Morgan fingerprint density at radius 1 is 1.28 bits per heavy atom. The molecule has 0 amide bonds. The molecule has 97 valence electrons. The third kappa shape index (κ3) is 3.86. The van der Waals surface area contributed by atoms with Gasteiger partial charge >= 0.3 is 5.97 Å². The highest BCUT2D eigenvalue weighted by Gasteiger charge is 2.23. The quantitative estimate of drug-likeness (QED) is 0.760. The number of carbonyl (C=O) groups is 1. The molecular formula is C16H21O2. The van der Waals surface area contributed by atoms with Crippen LogP contribution in [-0.2, 0) is 16.0 Å². The average Bonchev–Trinajstić information content (AvgIpc) is 2.42. The lowest BCUT2D eigenvalue weighted by Crippen LogP contribution is -2.19. The van der Waals surface area contributed by atoms with Crippen LogP contribution in [0.2, 0.25) is 0 Å². The van der Waals surface area contributed by atoms with Gasteiger partial charge < -0.3 is 4.74 Å². The summed E-state index contributed by atoms with van der Waals surface area (Å²) in [7, 11) is 1.46. The minimum Gasteiger partial charge on any atom is -0.469 e. The van der Waals surface area contributed by atoms with Crippen molar-refractivity contribution in [1.29, 1.82) is 0 Å². The summed E-state index contributed by atoms with van der Waals surface area (Å²) in [5.74, 6) is 1.07. The highest BCUT2D eigenvalue weighted by molar-refractivity contribution is 5.69. The van der Waals surface area contributed by atoms with Gasteiger partial charge in [0, 0.05) is 6.42 Å². The summed E-state index contributed by atoms with van der Waals surface area (Å²) in [4.78, 5) is 11.2. The van der Waals surface area contributed by atoms with Crippen LogP contribution >= 0.6 is 0 Å². The summed E-state index contributed by atoms with van der Waals surface area (Å²) < 4.78 is 4.72. The number of methoxy groups -OCH3 is 1. The van der Waals surface area contributed by atoms with Crippen LogP contribution in [0.25, 0.3) is 0 Å². The van der Waals surface area contributed by atoms with Gasteiger partial charge in [0.25, 0.3) is 0 Å². The van der Waals surface area contributed by atoms with Crippen LogP contribution in [0.5, 0.6) is 0 Å². The zero-order chi connectivity index (χ0) is 12.8. The van der Waals surface area contributed by atoms with Crippen LogP contribution in [0.1, 0.15) is 31.2 Å². The van der Waals surface area contributed by atoms with Gasteiger partial charge in [-0.2, -0.15) is 0 Å². The third-order valence-corrected chi connectivity index (χ3v) is 3.77. The van der Waals surface area contributed by atoms with Crippen molar-refractivity contribution in [2.45, 2.75) is 32.1 Å². The first-order chi connectivity index (χ1) is 8.78. The first kappa shape index (κ1) is 13.1. The predicted molar refractivity (Wildman–Crippen MR) is 71.9 cm³/mol. The van der Waals surface area contributed by atoms with Crippen molar-refractivity contribution >= 4 is 5.97 Å². The fourth-order valence-electron chi connectivity index (χ4n) is 2.69. The van der Waals surface area contributed by atoms with E-state index >= 15 is 0 Å². The molecule has 1 saturated carbocycles. The summed E-state index contributed by atoms with van der Waals surface area (Å²) in [6.07, 6.45) is 7.47. The molecule has 0 heterocycles. The molecule has 18 heavy (non-hydrogen) atoms. The van der Waals surface area contributed by atoms with Crippen LogP contribution in [0.15, 0.2) is 30.3 Å². The molecule has 0 bridgehead atoms. The van der Waals surface area contributed by atoms with Crippen LogP contribution in [0.4, 0.5) is 0 Å². The molecule has 2 rings (SSSR count). The number of carbonyl (C=O) groups excluding carboxylic acids is 1. The minimum absolute atomic E-state index is 0.0854. The van der Waals surface area contributed by atoms with Crippen molar-refractivity contribution in [2.24, 2.45) is 11.8 Å². The summed E-state index contributed by atoms with van der Waals surface area (Å²) in [5.41, 5.74) is 1.42. The van der Waals surface area contributed by atoms with E-state index < -0.39 is 0 Å². The molecule has 2 nitrogen and oxygen atoms in total. The Morgan fingerprint density at radius 3 is 2.67 bits per heavy atom. The molecule has 1 aromatic carbocycles. The maximum absolute atomic E-state index is 11.2. The van der Waals surface area contributed by atoms with Gasteiger partial charge in [0.1, 0.15) is 0 Å². The first-order valence-electron chi connectivity index (χ1n) is 6.72. The highest BCUT2D eigenvalue weighted by atomic mass is 16.5. The first-order valence-corrected chi connectivity index (χ1v) is 6.72. The molecule has 1 aliphatic rings. The van der Waals surface area contributed by atoms with Crippen LogP contribution < -0.4 is 0 Å². The van der Waals surface area contributed by atoms with E-state index in [0.29, 0.717) is 12.3 Å². The van der Waals surface area contributed by atoms with Gasteiger partial charge in [-0.3, -0.25) is 4.79 Å². The molecule has 0 saturated heterocycles. The number of hydrogen-bond donors (Lipinski definition) is 0. The Hall–Kier alpha value is -1.31. The van der Waals surface area contributed by atoms with Crippen molar-refractivity contribution in [3.05, 3.63) is 42.3 Å². The van der Waals surface area contributed by atoms with Gasteiger partial charge in [0.05, 0.1) is 7.11 Å². The summed E-state index contributed by atoms with van der Waals surface area (Å²) >= 11 is 0. The van der Waals surface area contributed by atoms with Crippen molar-refractivity contribution in [1.82, 2.24) is 0 Å². The molecule has 1 aliphatic carbocycles. The van der Waals surface area contributed by atoms with Crippen molar-refractivity contribution in [3.63, 3.8) is 0 Å². The molecule has 0 aliphatic heterocycles. The normalized spacial score (nSPS) is 23.6. The molecule has 0 aromatic heterocycles. The lowest BCUT2D eigenvalue weighted by Gasteiger charge is -2.27. The lowest BCUT2D eigenvalue weighted by molar-refractivity contribution is -0.141. The Kier molecular flexibility index (Phi) is 4.80. The fourth-order valence-corrected chi connectivity index (χ4v) is 2.69. The van der Waals surface area contributed by atoms with Gasteiger partial charge in [0.15, 0.2) is 0 Å². The van der Waals surface area contributed by atoms with E-state index in [-0.39, 0.29) is 5.97 Å². The summed E-state index contributed by atoms with van der Waals surface area (Å²) in [6, 6.07) is 10.6. The topological polar surface area (TPSA) is 26.3 Å². The Bertz CT molecular complexity index is 364. The maximum atomic E-state index is 11.2. The molecule has 1 fully saturated rings. The van der Waals surface area contributed by atoms with Crippen LogP contribution in [0, 0.1) is 18.3 Å². The largest absolute Gasteiger partial charge is 0.469 e. The Labute approximate surface area is 109 Å². The monoisotopic (exact) mass is 245 g/mol. The second-order valence-electron chi connectivity index (χ2n) is 5.14. The average molecular weight is 245 g/mol. The van der Waals surface area contributed by atoms with E-state index in [1.807, 2.05) is 0 Å². The number of ether oxygens (including phenoxy) is 1. The highest BCUT2D eigenvalue weighted by Crippen LogP contribution is 2.32. The number of rotatable bonds is 4. The molecule has 2 unspecified atom stereocenters. The van der Waals surface area contributed by atoms with Gasteiger partial charge in [0.2, 0.25) is 0 Å². The molecule has 1 radical (unpaired) electrons. The summed E-state index contributed by atoms with van der Waals surface area (Å²) in [5, 5.41) is 0. The molecule has 0 N–H and O–H groups in total. The van der Waals surface area contributed by atoms with Gasteiger partial charge in [-0.15, -0.1) is 0 Å². The van der Waals surface area contributed by atoms with Crippen LogP contribution in [-0.4, -0.2) is 13.1 Å². The van der Waals surface area contributed by atoms with Gasteiger partial charge in [-0.25, -0.2) is 0 Å². The van der Waals surface area contributed by atoms with E-state index in [9.17, 15) is 4.79 Å². The number of esters is 1.